The van der Waals surface area contributed by atoms with Crippen LogP contribution in [0.2, 0.25) is 0 Å². The Morgan fingerprint density at radius 3 is 2.45 bits per heavy atom. The predicted molar refractivity (Wildman–Crippen MR) is 106 cm³/mol. The second-order valence-electron chi connectivity index (χ2n) is 6.99. The molecule has 0 radical (unpaired) electrons. The molecular weight excluding hydrogens is 374 g/mol. The molecule has 8 nitrogen and oxygen atoms in total. The van der Waals surface area contributed by atoms with Crippen LogP contribution in [0, 0.1) is 11.3 Å². The lowest BCUT2D eigenvalue weighted by molar-refractivity contribution is -0.119. The van der Waals surface area contributed by atoms with Crippen molar-refractivity contribution in [3.8, 4) is 6.07 Å². The first-order chi connectivity index (χ1) is 13.7. The van der Waals surface area contributed by atoms with E-state index in [2.05, 4.69) is 10.6 Å². The Bertz CT molecular complexity index is 957. The number of para-hydroxylation sites is 1. The van der Waals surface area contributed by atoms with Crippen molar-refractivity contribution >= 4 is 29.3 Å². The Balaban J connectivity index is 1.93. The van der Waals surface area contributed by atoms with Crippen LogP contribution in [-0.4, -0.2) is 30.2 Å². The van der Waals surface area contributed by atoms with Crippen molar-refractivity contribution in [2.45, 2.75) is 26.4 Å². The fourth-order valence-corrected chi connectivity index (χ4v) is 2.24. The fraction of sp³-hybridized carbons (Fsp3) is 0.238. The summed E-state index contributed by atoms with van der Waals surface area (Å²) in [6, 6.07) is 14.5. The van der Waals surface area contributed by atoms with Gasteiger partial charge in [0.1, 0.15) is 11.7 Å². The zero-order chi connectivity index (χ0) is 21.4. The topological polar surface area (TPSA) is 118 Å². The first-order valence-electron chi connectivity index (χ1n) is 8.74. The average molecular weight is 395 g/mol. The first kappa shape index (κ1) is 21.4. The van der Waals surface area contributed by atoms with Gasteiger partial charge in [0.05, 0.1) is 16.8 Å². The van der Waals surface area contributed by atoms with Gasteiger partial charge >= 0.3 is 12.1 Å². The Morgan fingerprint density at radius 2 is 1.76 bits per heavy atom. The van der Waals surface area contributed by atoms with E-state index in [-0.39, 0.29) is 5.56 Å². The maximum Gasteiger partial charge on any atom is 0.412 e. The normalized spacial score (nSPS) is 10.4. The van der Waals surface area contributed by atoms with Crippen molar-refractivity contribution in [1.82, 2.24) is 0 Å². The van der Waals surface area contributed by atoms with E-state index in [1.54, 1.807) is 57.2 Å². The molecule has 0 aliphatic heterocycles. The van der Waals surface area contributed by atoms with E-state index in [4.69, 9.17) is 14.7 Å². The molecule has 0 aromatic heterocycles. The SMILES string of the molecule is CC(C)(C)OC(=O)Nc1cccc(C(=O)OCC(=O)Nc2ccccc2C#N)c1. The molecule has 2 N–H and O–H groups in total. The van der Waals surface area contributed by atoms with Crippen LogP contribution in [0.25, 0.3) is 0 Å². The van der Waals surface area contributed by atoms with Crippen molar-refractivity contribution in [1.29, 1.82) is 5.26 Å². The maximum atomic E-state index is 12.2. The second kappa shape index (κ2) is 9.37. The zero-order valence-corrected chi connectivity index (χ0v) is 16.3. The van der Waals surface area contributed by atoms with Crippen molar-refractivity contribution in [2.24, 2.45) is 0 Å². The Kier molecular flexibility index (Phi) is 6.93. The van der Waals surface area contributed by atoms with Crippen LogP contribution in [0.3, 0.4) is 0 Å². The van der Waals surface area contributed by atoms with Crippen LogP contribution in [-0.2, 0) is 14.3 Å². The number of benzene rings is 2. The third-order valence-corrected chi connectivity index (χ3v) is 3.40. The van der Waals surface area contributed by atoms with Gasteiger partial charge in [0.2, 0.25) is 0 Å². The molecule has 0 fully saturated rings. The van der Waals surface area contributed by atoms with Gasteiger partial charge in [-0.15, -0.1) is 0 Å². The summed E-state index contributed by atoms with van der Waals surface area (Å²) < 4.78 is 10.2. The van der Waals surface area contributed by atoms with Gasteiger partial charge < -0.3 is 14.8 Å². The summed E-state index contributed by atoms with van der Waals surface area (Å²) in [5.41, 5.74) is 0.482. The molecule has 2 amide bonds. The molecule has 0 saturated heterocycles. The van der Waals surface area contributed by atoms with Crippen LogP contribution >= 0.6 is 0 Å². The highest BCUT2D eigenvalue weighted by atomic mass is 16.6. The molecule has 0 bridgehead atoms. The average Bonchev–Trinajstić information content (AvgIpc) is 2.65. The Labute approximate surface area is 168 Å². The first-order valence-corrected chi connectivity index (χ1v) is 8.74. The zero-order valence-electron chi connectivity index (χ0n) is 16.3. The molecule has 0 saturated carbocycles. The summed E-state index contributed by atoms with van der Waals surface area (Å²) in [6.45, 7) is 4.68. The number of amides is 2. The molecule has 0 aliphatic carbocycles. The number of hydrogen-bond donors (Lipinski definition) is 2. The lowest BCUT2D eigenvalue weighted by Crippen LogP contribution is -2.27. The number of carbonyl (C=O) groups is 3. The number of esters is 1. The van der Waals surface area contributed by atoms with E-state index in [0.29, 0.717) is 16.9 Å². The number of nitriles is 1. The van der Waals surface area contributed by atoms with Crippen LogP contribution in [0.1, 0.15) is 36.7 Å². The highest BCUT2D eigenvalue weighted by Crippen LogP contribution is 2.15. The largest absolute Gasteiger partial charge is 0.452 e. The smallest absolute Gasteiger partial charge is 0.412 e. The van der Waals surface area contributed by atoms with Gasteiger partial charge in [0.25, 0.3) is 5.91 Å². The van der Waals surface area contributed by atoms with Crippen LogP contribution in [0.4, 0.5) is 16.2 Å². The van der Waals surface area contributed by atoms with Crippen molar-refractivity contribution < 1.29 is 23.9 Å². The molecule has 0 aliphatic rings. The molecule has 0 unspecified atom stereocenters. The van der Waals surface area contributed by atoms with Crippen LogP contribution in [0.5, 0.6) is 0 Å². The lowest BCUT2D eigenvalue weighted by Gasteiger charge is -2.19. The lowest BCUT2D eigenvalue weighted by atomic mass is 10.2. The molecule has 0 atom stereocenters. The third kappa shape index (κ3) is 6.99. The summed E-state index contributed by atoms with van der Waals surface area (Å²) in [5, 5.41) is 14.1. The summed E-state index contributed by atoms with van der Waals surface area (Å²) in [7, 11) is 0. The van der Waals surface area contributed by atoms with Crippen molar-refractivity contribution in [3.63, 3.8) is 0 Å². The molecule has 0 heterocycles. The van der Waals surface area contributed by atoms with Gasteiger partial charge in [0.15, 0.2) is 6.61 Å². The molecule has 2 aromatic rings. The van der Waals surface area contributed by atoms with E-state index < -0.39 is 30.2 Å². The molecule has 8 heteroatoms. The fourth-order valence-electron chi connectivity index (χ4n) is 2.24. The molecule has 2 aromatic carbocycles. The number of anilines is 2. The van der Waals surface area contributed by atoms with E-state index in [9.17, 15) is 14.4 Å². The Morgan fingerprint density at radius 1 is 1.03 bits per heavy atom. The van der Waals surface area contributed by atoms with E-state index >= 15 is 0 Å². The molecule has 0 spiro atoms. The number of hydrogen-bond acceptors (Lipinski definition) is 6. The highest BCUT2D eigenvalue weighted by molar-refractivity contribution is 5.97. The van der Waals surface area contributed by atoms with Gasteiger partial charge in [-0.3, -0.25) is 10.1 Å². The summed E-state index contributed by atoms with van der Waals surface area (Å²) in [6.07, 6.45) is -0.654. The second-order valence-corrected chi connectivity index (χ2v) is 6.99. The van der Waals surface area contributed by atoms with Crippen molar-refractivity contribution in [2.75, 3.05) is 17.2 Å². The summed E-state index contributed by atoms with van der Waals surface area (Å²) in [5.74, 6) is -1.31. The van der Waals surface area contributed by atoms with E-state index in [1.807, 2.05) is 6.07 Å². The van der Waals surface area contributed by atoms with Gasteiger partial charge in [-0.2, -0.15) is 5.26 Å². The summed E-state index contributed by atoms with van der Waals surface area (Å²) >= 11 is 0. The number of nitrogens with one attached hydrogen (secondary N) is 2. The van der Waals surface area contributed by atoms with E-state index in [0.717, 1.165) is 0 Å². The van der Waals surface area contributed by atoms with Gasteiger partial charge in [-0.1, -0.05) is 18.2 Å². The van der Waals surface area contributed by atoms with Gasteiger partial charge in [-0.05, 0) is 51.1 Å². The minimum atomic E-state index is -0.735. The number of rotatable bonds is 5. The Hall–Kier alpha value is -3.86. The standard InChI is InChI=1S/C21H21N3O5/c1-21(2,3)29-20(27)23-16-9-6-8-14(11-16)19(26)28-13-18(25)24-17-10-5-4-7-15(17)12-22/h4-11H,13H2,1-3H3,(H,23,27)(H,24,25). The van der Waals surface area contributed by atoms with E-state index in [1.165, 1.54) is 12.1 Å². The number of ether oxygens (including phenoxy) is 2. The predicted octanol–water partition coefficient (Wildman–Crippen LogP) is 3.70. The molecular formula is C21H21N3O5. The van der Waals surface area contributed by atoms with Crippen LogP contribution < -0.4 is 10.6 Å². The highest BCUT2D eigenvalue weighted by Gasteiger charge is 2.17. The minimum absolute atomic E-state index is 0.156. The molecule has 29 heavy (non-hydrogen) atoms. The number of nitrogens with zero attached hydrogens (tertiary/aromatic N) is 1. The molecule has 2 rings (SSSR count). The summed E-state index contributed by atoms with van der Waals surface area (Å²) in [4.78, 5) is 36.0. The quantitative estimate of drug-likeness (QED) is 0.746. The van der Waals surface area contributed by atoms with Crippen LogP contribution in [0.15, 0.2) is 48.5 Å². The monoisotopic (exact) mass is 395 g/mol. The minimum Gasteiger partial charge on any atom is -0.452 e. The third-order valence-electron chi connectivity index (χ3n) is 3.40. The number of carbonyl (C=O) groups excluding carboxylic acids is 3. The molecule has 150 valence electrons. The maximum absolute atomic E-state index is 12.2. The van der Waals surface area contributed by atoms with Crippen molar-refractivity contribution in [3.05, 3.63) is 59.7 Å². The van der Waals surface area contributed by atoms with Gasteiger partial charge in [-0.25, -0.2) is 9.59 Å². The van der Waals surface area contributed by atoms with Gasteiger partial charge in [0, 0.05) is 5.69 Å².